The number of nitrogens with one attached hydrogen (secondary N) is 1. The van der Waals surface area contributed by atoms with E-state index in [1.165, 1.54) is 11.6 Å². The molecule has 2 atom stereocenters. The van der Waals surface area contributed by atoms with Crippen LogP contribution in [0.1, 0.15) is 46.1 Å². The van der Waals surface area contributed by atoms with Crippen molar-refractivity contribution in [1.82, 2.24) is 23.6 Å². The smallest absolute Gasteiger partial charge is 0.332 e. The summed E-state index contributed by atoms with van der Waals surface area (Å²) < 4.78 is 4.40. The zero-order valence-corrected chi connectivity index (χ0v) is 21.2. The molecule has 0 fully saturated rings. The number of aromatic nitrogens is 4. The molecule has 0 aliphatic rings. The molecular weight excluding hydrogens is 440 g/mol. The summed E-state index contributed by atoms with van der Waals surface area (Å²) >= 11 is 6.05. The van der Waals surface area contributed by atoms with E-state index in [9.17, 15) is 9.59 Å². The van der Waals surface area contributed by atoms with Gasteiger partial charge in [-0.1, -0.05) is 37.6 Å². The van der Waals surface area contributed by atoms with Gasteiger partial charge in [0.15, 0.2) is 11.2 Å². The van der Waals surface area contributed by atoms with E-state index in [2.05, 4.69) is 42.9 Å². The van der Waals surface area contributed by atoms with Gasteiger partial charge in [-0.3, -0.25) is 23.4 Å². The molecule has 0 amide bonds. The Balaban J connectivity index is 2.00. The number of hydrogen-bond acceptors (Lipinski definition) is 5. The summed E-state index contributed by atoms with van der Waals surface area (Å²) in [4.78, 5) is 32.7. The van der Waals surface area contributed by atoms with Crippen molar-refractivity contribution in [2.24, 2.45) is 14.1 Å². The highest BCUT2D eigenvalue weighted by molar-refractivity contribution is 6.30. The first-order valence-corrected chi connectivity index (χ1v) is 12.0. The Morgan fingerprint density at radius 2 is 1.64 bits per heavy atom. The zero-order chi connectivity index (χ0) is 24.3. The van der Waals surface area contributed by atoms with E-state index in [1.54, 1.807) is 7.05 Å². The van der Waals surface area contributed by atoms with Crippen LogP contribution in [0.5, 0.6) is 0 Å². The van der Waals surface area contributed by atoms with Gasteiger partial charge >= 0.3 is 5.69 Å². The Labute approximate surface area is 199 Å². The number of nitrogens with zero attached hydrogens (tertiary/aromatic N) is 5. The van der Waals surface area contributed by atoms with Crippen molar-refractivity contribution in [2.45, 2.75) is 59.2 Å². The maximum atomic E-state index is 13.0. The Morgan fingerprint density at radius 3 is 2.21 bits per heavy atom. The molecule has 9 heteroatoms. The first-order valence-electron chi connectivity index (χ1n) is 11.6. The van der Waals surface area contributed by atoms with E-state index < -0.39 is 5.69 Å². The first-order chi connectivity index (χ1) is 15.7. The number of hydrogen-bond donors (Lipinski definition) is 1. The van der Waals surface area contributed by atoms with Crippen LogP contribution in [-0.4, -0.2) is 48.8 Å². The quantitative estimate of drug-likeness (QED) is 0.487. The number of anilines is 1. The number of fused-ring (bicyclic) bond motifs is 1. The van der Waals surface area contributed by atoms with Gasteiger partial charge in [-0.15, -0.1) is 0 Å². The number of imidazole rings is 1. The van der Waals surface area contributed by atoms with E-state index in [0.29, 0.717) is 47.3 Å². The Bertz CT molecular complexity index is 1200. The molecule has 0 aliphatic heterocycles. The SMILES string of the molecule is CC[C@H](C)N(CCNc1nc2c(c(=O)n(C)c(=O)n2C)n1Cc1ccc(Cl)cc1)[C@@H](C)CC. The van der Waals surface area contributed by atoms with E-state index in [0.717, 1.165) is 29.5 Å². The van der Waals surface area contributed by atoms with Gasteiger partial charge in [0.1, 0.15) is 0 Å². The molecule has 180 valence electrons. The highest BCUT2D eigenvalue weighted by Crippen LogP contribution is 2.19. The van der Waals surface area contributed by atoms with Crippen molar-refractivity contribution in [3.05, 3.63) is 55.7 Å². The predicted octanol–water partition coefficient (Wildman–Crippen LogP) is 3.45. The van der Waals surface area contributed by atoms with Gasteiger partial charge in [-0.05, 0) is 44.4 Å². The maximum absolute atomic E-state index is 13.0. The third kappa shape index (κ3) is 5.17. The van der Waals surface area contributed by atoms with Crippen LogP contribution in [0.25, 0.3) is 11.2 Å². The lowest BCUT2D eigenvalue weighted by Crippen LogP contribution is -2.42. The van der Waals surface area contributed by atoms with Gasteiger partial charge in [0, 0.05) is 44.3 Å². The standard InChI is InChI=1S/C24H35ClN6O2/c1-7-16(3)30(17(4)8-2)14-13-26-23-27-21-20(22(32)29(6)24(33)28(21)5)31(23)15-18-9-11-19(25)12-10-18/h9-12,16-17H,7-8,13-15H2,1-6H3,(H,26,27)/t16-,17-/m0/s1. The molecule has 0 saturated heterocycles. The summed E-state index contributed by atoms with van der Waals surface area (Å²) in [5.74, 6) is 0.575. The molecule has 8 nitrogen and oxygen atoms in total. The normalized spacial score (nSPS) is 13.6. The summed E-state index contributed by atoms with van der Waals surface area (Å²) in [6, 6.07) is 8.46. The van der Waals surface area contributed by atoms with Crippen LogP contribution in [0.15, 0.2) is 33.9 Å². The minimum Gasteiger partial charge on any atom is -0.354 e. The van der Waals surface area contributed by atoms with Crippen molar-refractivity contribution >= 4 is 28.7 Å². The Hall–Kier alpha value is -2.58. The number of benzene rings is 1. The molecule has 3 aromatic rings. The van der Waals surface area contributed by atoms with Crippen LogP contribution in [-0.2, 0) is 20.6 Å². The molecule has 1 aromatic carbocycles. The van der Waals surface area contributed by atoms with Crippen molar-refractivity contribution in [2.75, 3.05) is 18.4 Å². The second-order valence-electron chi connectivity index (χ2n) is 8.71. The van der Waals surface area contributed by atoms with Crippen LogP contribution in [0.4, 0.5) is 5.95 Å². The first kappa shape index (κ1) is 25.1. The largest absolute Gasteiger partial charge is 0.354 e. The monoisotopic (exact) mass is 474 g/mol. The fourth-order valence-corrected chi connectivity index (χ4v) is 4.27. The van der Waals surface area contributed by atoms with E-state index in [-0.39, 0.29) is 5.56 Å². The summed E-state index contributed by atoms with van der Waals surface area (Å²) in [7, 11) is 3.13. The number of aryl methyl sites for hydroxylation is 1. The average molecular weight is 475 g/mol. The molecular formula is C24H35ClN6O2. The van der Waals surface area contributed by atoms with Crippen molar-refractivity contribution in [3.8, 4) is 0 Å². The molecule has 3 rings (SSSR count). The van der Waals surface area contributed by atoms with Gasteiger partial charge in [-0.2, -0.15) is 4.98 Å². The predicted molar refractivity (Wildman–Crippen MR) is 135 cm³/mol. The van der Waals surface area contributed by atoms with Crippen LogP contribution < -0.4 is 16.6 Å². The lowest BCUT2D eigenvalue weighted by molar-refractivity contribution is 0.152. The maximum Gasteiger partial charge on any atom is 0.332 e. The van der Waals surface area contributed by atoms with Gasteiger partial charge in [0.2, 0.25) is 5.95 Å². The van der Waals surface area contributed by atoms with Crippen LogP contribution in [0, 0.1) is 0 Å². The molecule has 0 saturated carbocycles. The average Bonchev–Trinajstić information content (AvgIpc) is 3.17. The van der Waals surface area contributed by atoms with Crippen LogP contribution >= 0.6 is 11.6 Å². The van der Waals surface area contributed by atoms with E-state index in [1.807, 2.05) is 28.8 Å². The molecule has 0 unspecified atom stereocenters. The minimum atomic E-state index is -0.394. The zero-order valence-electron chi connectivity index (χ0n) is 20.4. The fourth-order valence-electron chi connectivity index (χ4n) is 4.15. The Morgan fingerprint density at radius 1 is 1.03 bits per heavy atom. The third-order valence-electron chi connectivity index (χ3n) is 6.57. The highest BCUT2D eigenvalue weighted by Gasteiger charge is 2.21. The Kier molecular flexibility index (Phi) is 8.02. The molecule has 2 heterocycles. The summed E-state index contributed by atoms with van der Waals surface area (Å²) in [5.41, 5.74) is 1.01. The van der Waals surface area contributed by atoms with Crippen molar-refractivity contribution < 1.29 is 0 Å². The summed E-state index contributed by atoms with van der Waals surface area (Å²) in [6.45, 7) is 10.9. The van der Waals surface area contributed by atoms with Gasteiger partial charge in [0.05, 0.1) is 6.54 Å². The molecule has 0 bridgehead atoms. The minimum absolute atomic E-state index is 0.358. The molecule has 0 spiro atoms. The molecule has 0 aliphatic carbocycles. The van der Waals surface area contributed by atoms with Gasteiger partial charge in [-0.25, -0.2) is 4.79 Å². The highest BCUT2D eigenvalue weighted by atomic mass is 35.5. The fraction of sp³-hybridized carbons (Fsp3) is 0.542. The lowest BCUT2D eigenvalue weighted by Gasteiger charge is -2.33. The van der Waals surface area contributed by atoms with Gasteiger partial charge in [0.25, 0.3) is 5.56 Å². The lowest BCUT2D eigenvalue weighted by atomic mass is 10.1. The molecule has 0 radical (unpaired) electrons. The topological polar surface area (TPSA) is 77.1 Å². The van der Waals surface area contributed by atoms with Gasteiger partial charge < -0.3 is 5.32 Å². The number of rotatable bonds is 10. The summed E-state index contributed by atoms with van der Waals surface area (Å²) in [6.07, 6.45) is 2.16. The molecule has 33 heavy (non-hydrogen) atoms. The molecule has 2 aromatic heterocycles. The van der Waals surface area contributed by atoms with E-state index in [4.69, 9.17) is 11.6 Å². The van der Waals surface area contributed by atoms with Crippen molar-refractivity contribution in [3.63, 3.8) is 0 Å². The second-order valence-corrected chi connectivity index (χ2v) is 9.14. The third-order valence-corrected chi connectivity index (χ3v) is 6.82. The molecule has 1 N–H and O–H groups in total. The van der Waals surface area contributed by atoms with Crippen LogP contribution in [0.3, 0.4) is 0 Å². The van der Waals surface area contributed by atoms with Crippen LogP contribution in [0.2, 0.25) is 5.02 Å². The summed E-state index contributed by atoms with van der Waals surface area (Å²) in [5, 5.41) is 4.09. The van der Waals surface area contributed by atoms with E-state index >= 15 is 0 Å². The van der Waals surface area contributed by atoms with Crippen molar-refractivity contribution in [1.29, 1.82) is 0 Å². The number of halogens is 1. The second kappa shape index (κ2) is 10.6.